The van der Waals surface area contributed by atoms with Gasteiger partial charge in [0.05, 0.1) is 12.6 Å². The maximum atomic E-state index is 9.48. The summed E-state index contributed by atoms with van der Waals surface area (Å²) < 4.78 is 5.66. The molecule has 0 amide bonds. The van der Waals surface area contributed by atoms with Gasteiger partial charge < -0.3 is 9.52 Å². The average molecular weight is 259 g/mol. The van der Waals surface area contributed by atoms with Gasteiger partial charge in [-0.15, -0.1) is 10.2 Å². The monoisotopic (exact) mass is 259 g/mol. The molecule has 0 aliphatic carbocycles. The summed E-state index contributed by atoms with van der Waals surface area (Å²) in [5.41, 5.74) is 2.14. The molecule has 2 aromatic rings. The second-order valence-electron chi connectivity index (χ2n) is 5.04. The van der Waals surface area contributed by atoms with Crippen LogP contribution in [-0.4, -0.2) is 39.4 Å². The number of hydrogen-bond acceptors (Lipinski definition) is 5. The minimum absolute atomic E-state index is 0.223. The lowest BCUT2D eigenvalue weighted by molar-refractivity contribution is 0.171. The number of aromatic nitrogens is 2. The smallest absolute Gasteiger partial charge is 0.247 e. The van der Waals surface area contributed by atoms with E-state index in [1.54, 1.807) is 0 Å². The number of β-amino-alcohol motifs (C(OH)–C–C–N with tert-alkyl or cyclic N) is 1. The van der Waals surface area contributed by atoms with Gasteiger partial charge in [0.2, 0.25) is 11.8 Å². The second kappa shape index (κ2) is 5.11. The summed E-state index contributed by atoms with van der Waals surface area (Å²) >= 11 is 0. The fourth-order valence-corrected chi connectivity index (χ4v) is 2.28. The number of hydrogen-bond donors (Lipinski definition) is 1. The van der Waals surface area contributed by atoms with Crippen LogP contribution >= 0.6 is 0 Å². The highest BCUT2D eigenvalue weighted by Crippen LogP contribution is 2.19. The highest BCUT2D eigenvalue weighted by Gasteiger charge is 2.22. The van der Waals surface area contributed by atoms with Gasteiger partial charge in [-0.1, -0.05) is 17.7 Å². The van der Waals surface area contributed by atoms with E-state index in [0.29, 0.717) is 24.9 Å². The summed E-state index contributed by atoms with van der Waals surface area (Å²) in [5.74, 6) is 1.15. The van der Waals surface area contributed by atoms with Crippen molar-refractivity contribution in [2.45, 2.75) is 26.0 Å². The van der Waals surface area contributed by atoms with Crippen LogP contribution in [0.25, 0.3) is 11.5 Å². The molecule has 0 unspecified atom stereocenters. The normalized spacial score (nSPS) is 20.0. The maximum Gasteiger partial charge on any atom is 0.247 e. The molecule has 1 aliphatic rings. The van der Waals surface area contributed by atoms with Gasteiger partial charge in [0.25, 0.3) is 0 Å². The molecule has 0 radical (unpaired) electrons. The number of likely N-dealkylation sites (tertiary alicyclic amines) is 1. The molecular weight excluding hydrogens is 242 g/mol. The molecule has 5 nitrogen and oxygen atoms in total. The Morgan fingerprint density at radius 1 is 1.32 bits per heavy atom. The molecule has 3 rings (SSSR count). The zero-order valence-electron chi connectivity index (χ0n) is 10.9. The number of aryl methyl sites for hydroxylation is 1. The quantitative estimate of drug-likeness (QED) is 0.907. The number of rotatable bonds is 3. The summed E-state index contributed by atoms with van der Waals surface area (Å²) in [6, 6.07) is 8.00. The molecule has 1 aromatic heterocycles. The van der Waals surface area contributed by atoms with Gasteiger partial charge in [-0.25, -0.2) is 0 Å². The van der Waals surface area contributed by atoms with E-state index in [1.165, 1.54) is 5.56 Å². The molecule has 19 heavy (non-hydrogen) atoms. The summed E-state index contributed by atoms with van der Waals surface area (Å²) in [6.07, 6.45) is 0.596. The van der Waals surface area contributed by atoms with E-state index < -0.39 is 0 Å². The standard InChI is InChI=1S/C14H17N3O2/c1-10-2-4-11(5-3-10)14-16-15-13(19-14)9-17-7-6-12(18)8-17/h2-5,12,18H,6-9H2,1H3/t12-/m0/s1. The van der Waals surface area contributed by atoms with E-state index in [4.69, 9.17) is 4.42 Å². The minimum Gasteiger partial charge on any atom is -0.419 e. The molecule has 5 heteroatoms. The first-order valence-corrected chi connectivity index (χ1v) is 6.50. The lowest BCUT2D eigenvalue weighted by Gasteiger charge is -2.10. The summed E-state index contributed by atoms with van der Waals surface area (Å²) in [4.78, 5) is 2.12. The molecule has 1 aliphatic heterocycles. The zero-order valence-corrected chi connectivity index (χ0v) is 10.9. The van der Waals surface area contributed by atoms with Gasteiger partial charge in [0.1, 0.15) is 0 Å². The highest BCUT2D eigenvalue weighted by atomic mass is 16.4. The fraction of sp³-hybridized carbons (Fsp3) is 0.429. The SMILES string of the molecule is Cc1ccc(-c2nnc(CN3CC[C@H](O)C3)o2)cc1. The zero-order chi connectivity index (χ0) is 13.2. The van der Waals surface area contributed by atoms with Crippen molar-refractivity contribution in [1.29, 1.82) is 0 Å². The van der Waals surface area contributed by atoms with Crippen LogP contribution in [0.15, 0.2) is 28.7 Å². The van der Waals surface area contributed by atoms with Gasteiger partial charge in [-0.05, 0) is 25.5 Å². The van der Waals surface area contributed by atoms with Crippen molar-refractivity contribution in [3.8, 4) is 11.5 Å². The van der Waals surface area contributed by atoms with Crippen molar-refractivity contribution in [3.63, 3.8) is 0 Å². The fourth-order valence-electron chi connectivity index (χ4n) is 2.28. The van der Waals surface area contributed by atoms with Crippen LogP contribution in [0.4, 0.5) is 0 Å². The molecule has 1 atom stereocenters. The minimum atomic E-state index is -0.223. The Kier molecular flexibility index (Phi) is 3.31. The summed E-state index contributed by atoms with van der Waals surface area (Å²) in [5, 5.41) is 17.6. The molecule has 0 bridgehead atoms. The lowest BCUT2D eigenvalue weighted by Crippen LogP contribution is -2.21. The molecule has 1 fully saturated rings. The first-order chi connectivity index (χ1) is 9.20. The van der Waals surface area contributed by atoms with E-state index in [9.17, 15) is 5.11 Å². The van der Waals surface area contributed by atoms with Gasteiger partial charge in [0.15, 0.2) is 0 Å². The van der Waals surface area contributed by atoms with Crippen LogP contribution in [0.5, 0.6) is 0 Å². The first kappa shape index (κ1) is 12.3. The summed E-state index contributed by atoms with van der Waals surface area (Å²) in [6.45, 7) is 4.21. The topological polar surface area (TPSA) is 62.4 Å². The molecule has 1 saturated heterocycles. The van der Waals surface area contributed by atoms with E-state index in [2.05, 4.69) is 15.1 Å². The van der Waals surface area contributed by atoms with Crippen LogP contribution in [0, 0.1) is 6.92 Å². The Morgan fingerprint density at radius 3 is 2.79 bits per heavy atom. The highest BCUT2D eigenvalue weighted by molar-refractivity contribution is 5.52. The van der Waals surface area contributed by atoms with Gasteiger partial charge in [0, 0.05) is 18.7 Å². The molecule has 0 spiro atoms. The van der Waals surface area contributed by atoms with Gasteiger partial charge in [-0.3, -0.25) is 4.90 Å². The Bertz CT molecular complexity index is 550. The van der Waals surface area contributed by atoms with E-state index in [0.717, 1.165) is 18.5 Å². The Hall–Kier alpha value is -1.72. The van der Waals surface area contributed by atoms with Crippen molar-refractivity contribution in [2.24, 2.45) is 0 Å². The van der Waals surface area contributed by atoms with E-state index in [-0.39, 0.29) is 6.10 Å². The molecule has 1 N–H and O–H groups in total. The van der Waals surface area contributed by atoms with Crippen LogP contribution in [0.1, 0.15) is 17.9 Å². The van der Waals surface area contributed by atoms with E-state index in [1.807, 2.05) is 31.2 Å². The number of aliphatic hydroxyl groups is 1. The Labute approximate surface area is 111 Å². The molecule has 100 valence electrons. The van der Waals surface area contributed by atoms with Crippen LogP contribution in [-0.2, 0) is 6.54 Å². The second-order valence-corrected chi connectivity index (χ2v) is 5.04. The number of aliphatic hydroxyl groups excluding tert-OH is 1. The number of benzene rings is 1. The van der Waals surface area contributed by atoms with Gasteiger partial charge >= 0.3 is 0 Å². The molecule has 0 saturated carbocycles. The number of nitrogens with zero attached hydrogens (tertiary/aromatic N) is 3. The lowest BCUT2D eigenvalue weighted by atomic mass is 10.1. The first-order valence-electron chi connectivity index (χ1n) is 6.50. The maximum absolute atomic E-state index is 9.48. The van der Waals surface area contributed by atoms with Crippen molar-refractivity contribution in [2.75, 3.05) is 13.1 Å². The van der Waals surface area contributed by atoms with Crippen molar-refractivity contribution in [3.05, 3.63) is 35.7 Å². The predicted molar refractivity (Wildman–Crippen MR) is 70.4 cm³/mol. The van der Waals surface area contributed by atoms with Crippen LogP contribution in [0.2, 0.25) is 0 Å². The predicted octanol–water partition coefficient (Wildman–Crippen LogP) is 1.61. The van der Waals surface area contributed by atoms with E-state index >= 15 is 0 Å². The van der Waals surface area contributed by atoms with Crippen molar-refractivity contribution in [1.82, 2.24) is 15.1 Å². The molecule has 2 heterocycles. The van der Waals surface area contributed by atoms with Gasteiger partial charge in [-0.2, -0.15) is 0 Å². The Balaban J connectivity index is 1.71. The van der Waals surface area contributed by atoms with Crippen molar-refractivity contribution >= 4 is 0 Å². The molecule has 1 aromatic carbocycles. The van der Waals surface area contributed by atoms with Crippen molar-refractivity contribution < 1.29 is 9.52 Å². The summed E-state index contributed by atoms with van der Waals surface area (Å²) in [7, 11) is 0. The largest absolute Gasteiger partial charge is 0.419 e. The average Bonchev–Trinajstić information content (AvgIpc) is 3.00. The van der Waals surface area contributed by atoms with Crippen LogP contribution in [0.3, 0.4) is 0 Å². The van der Waals surface area contributed by atoms with Crippen LogP contribution < -0.4 is 0 Å². The third kappa shape index (κ3) is 2.83. The third-order valence-electron chi connectivity index (χ3n) is 3.37. The third-order valence-corrected chi connectivity index (χ3v) is 3.37. The molecular formula is C14H17N3O2. The Morgan fingerprint density at radius 2 is 2.11 bits per heavy atom.